The Labute approximate surface area is 164 Å². The highest BCUT2D eigenvalue weighted by Gasteiger charge is 2.31. The molecule has 0 radical (unpaired) electrons. The van der Waals surface area contributed by atoms with E-state index in [1.165, 1.54) is 0 Å². The second kappa shape index (κ2) is 8.43. The molecule has 2 aliphatic rings. The third kappa shape index (κ3) is 4.01. The number of carbonyl (C=O) groups excluding carboxylic acids is 2. The van der Waals surface area contributed by atoms with Crippen LogP contribution in [0.4, 0.5) is 4.79 Å². The average Bonchev–Trinajstić information content (AvgIpc) is 3.46. The van der Waals surface area contributed by atoms with Crippen LogP contribution >= 0.6 is 0 Å². The number of urea groups is 1. The van der Waals surface area contributed by atoms with Gasteiger partial charge in [-0.1, -0.05) is 18.2 Å². The van der Waals surface area contributed by atoms with Crippen LogP contribution in [-0.2, 0) is 16.1 Å². The molecule has 2 aromatic rings. The predicted molar refractivity (Wildman–Crippen MR) is 103 cm³/mol. The molecule has 0 bridgehead atoms. The van der Waals surface area contributed by atoms with Crippen LogP contribution in [-0.4, -0.2) is 70.2 Å². The monoisotopic (exact) mass is 383 g/mol. The molecule has 8 heteroatoms. The maximum Gasteiger partial charge on any atom is 0.317 e. The Morgan fingerprint density at radius 3 is 2.64 bits per heavy atom. The lowest BCUT2D eigenvalue weighted by atomic mass is 10.1. The first kappa shape index (κ1) is 18.5. The fraction of sp³-hybridized carbons (Fsp3) is 0.450. The van der Waals surface area contributed by atoms with E-state index in [0.29, 0.717) is 39.3 Å². The summed E-state index contributed by atoms with van der Waals surface area (Å²) in [4.78, 5) is 32.6. The molecule has 3 heterocycles. The Balaban J connectivity index is 1.29. The van der Waals surface area contributed by atoms with E-state index in [0.717, 1.165) is 24.1 Å². The van der Waals surface area contributed by atoms with Gasteiger partial charge in [-0.05, 0) is 24.5 Å². The number of para-hydroxylation sites is 1. The minimum Gasteiger partial charge on any atom is -0.368 e. The molecule has 1 unspecified atom stereocenters. The van der Waals surface area contributed by atoms with Crippen LogP contribution in [0.15, 0.2) is 43.0 Å². The molecule has 4 rings (SSSR count). The summed E-state index contributed by atoms with van der Waals surface area (Å²) in [5, 5.41) is 3.00. The molecule has 1 N–H and O–H groups in total. The number of hydrogen-bond donors (Lipinski definition) is 1. The number of rotatable bonds is 4. The van der Waals surface area contributed by atoms with Crippen molar-refractivity contribution < 1.29 is 14.3 Å². The summed E-state index contributed by atoms with van der Waals surface area (Å²) < 4.78 is 7.41. The van der Waals surface area contributed by atoms with Crippen molar-refractivity contribution in [3.63, 3.8) is 0 Å². The maximum absolute atomic E-state index is 12.6. The molecule has 148 valence electrons. The highest BCUT2D eigenvalue weighted by atomic mass is 16.5. The molecular weight excluding hydrogens is 358 g/mol. The Bertz CT molecular complexity index is 809. The number of benzene rings is 1. The normalized spacial score (nSPS) is 19.6. The van der Waals surface area contributed by atoms with Crippen molar-refractivity contribution in [1.29, 1.82) is 0 Å². The van der Waals surface area contributed by atoms with Gasteiger partial charge in [-0.3, -0.25) is 4.79 Å². The molecule has 8 nitrogen and oxygen atoms in total. The van der Waals surface area contributed by atoms with Gasteiger partial charge in [0, 0.05) is 51.7 Å². The number of hydrogen-bond acceptors (Lipinski definition) is 4. The van der Waals surface area contributed by atoms with Gasteiger partial charge in [-0.25, -0.2) is 9.78 Å². The van der Waals surface area contributed by atoms with E-state index < -0.39 is 0 Å². The van der Waals surface area contributed by atoms with Gasteiger partial charge in [0.05, 0.1) is 12.0 Å². The molecular formula is C20H25N5O3. The second-order valence-corrected chi connectivity index (χ2v) is 7.07. The van der Waals surface area contributed by atoms with Crippen LogP contribution in [0, 0.1) is 0 Å². The SMILES string of the molecule is O=C(NCc1ccccc1-n1ccnc1)N1CCN(C(=O)C2CCCO2)CC1. The number of ether oxygens (including phenoxy) is 1. The zero-order valence-electron chi connectivity index (χ0n) is 15.8. The number of carbonyl (C=O) groups is 2. The fourth-order valence-electron chi connectivity index (χ4n) is 3.70. The van der Waals surface area contributed by atoms with Crippen molar-refractivity contribution in [2.45, 2.75) is 25.5 Å². The number of amides is 3. The molecule has 0 saturated carbocycles. The van der Waals surface area contributed by atoms with E-state index in [4.69, 9.17) is 4.74 Å². The topological polar surface area (TPSA) is 79.7 Å². The number of nitrogens with one attached hydrogen (secondary N) is 1. The molecule has 0 aliphatic carbocycles. The van der Waals surface area contributed by atoms with Crippen molar-refractivity contribution in [2.75, 3.05) is 32.8 Å². The first-order valence-corrected chi connectivity index (χ1v) is 9.72. The van der Waals surface area contributed by atoms with Gasteiger partial charge in [0.15, 0.2) is 0 Å². The van der Waals surface area contributed by atoms with Crippen LogP contribution in [0.1, 0.15) is 18.4 Å². The van der Waals surface area contributed by atoms with Crippen molar-refractivity contribution in [2.24, 2.45) is 0 Å². The highest BCUT2D eigenvalue weighted by molar-refractivity contribution is 5.81. The van der Waals surface area contributed by atoms with Crippen LogP contribution in [0.25, 0.3) is 5.69 Å². The van der Waals surface area contributed by atoms with Crippen molar-refractivity contribution >= 4 is 11.9 Å². The second-order valence-electron chi connectivity index (χ2n) is 7.07. The molecule has 1 aromatic carbocycles. The van der Waals surface area contributed by atoms with Gasteiger partial charge in [-0.2, -0.15) is 0 Å². The number of aromatic nitrogens is 2. The van der Waals surface area contributed by atoms with Crippen LogP contribution < -0.4 is 5.32 Å². The highest BCUT2D eigenvalue weighted by Crippen LogP contribution is 2.17. The maximum atomic E-state index is 12.6. The minimum absolute atomic E-state index is 0.0619. The summed E-state index contributed by atoms with van der Waals surface area (Å²) in [7, 11) is 0. The molecule has 2 saturated heterocycles. The number of nitrogens with zero attached hydrogens (tertiary/aromatic N) is 4. The first-order chi connectivity index (χ1) is 13.7. The third-order valence-electron chi connectivity index (χ3n) is 5.29. The molecule has 2 fully saturated rings. The standard InChI is InChI=1S/C20H25N5O3/c26-19(18-6-3-13-28-18)23-9-11-24(12-10-23)20(27)22-14-16-4-1-2-5-17(16)25-8-7-21-15-25/h1-2,4-5,7-8,15,18H,3,6,9-14H2,(H,22,27). The van der Waals surface area contributed by atoms with Gasteiger partial charge < -0.3 is 24.4 Å². The predicted octanol–water partition coefficient (Wildman–Crippen LogP) is 1.41. The smallest absolute Gasteiger partial charge is 0.317 e. The van der Waals surface area contributed by atoms with Crippen molar-refractivity contribution in [3.05, 3.63) is 48.5 Å². The first-order valence-electron chi connectivity index (χ1n) is 9.72. The lowest BCUT2D eigenvalue weighted by Gasteiger charge is -2.35. The van der Waals surface area contributed by atoms with Gasteiger partial charge in [0.25, 0.3) is 5.91 Å². The zero-order chi connectivity index (χ0) is 19.3. The summed E-state index contributed by atoms with van der Waals surface area (Å²) in [6, 6.07) is 7.80. The van der Waals surface area contributed by atoms with Crippen molar-refractivity contribution in [3.8, 4) is 5.69 Å². The minimum atomic E-state index is -0.292. The Morgan fingerprint density at radius 1 is 1.14 bits per heavy atom. The lowest BCUT2D eigenvalue weighted by Crippen LogP contribution is -2.54. The van der Waals surface area contributed by atoms with Gasteiger partial charge in [0.1, 0.15) is 6.10 Å². The Kier molecular flexibility index (Phi) is 5.57. The summed E-state index contributed by atoms with van der Waals surface area (Å²) in [6.07, 6.45) is 6.80. The van der Waals surface area contributed by atoms with Crippen molar-refractivity contribution in [1.82, 2.24) is 24.7 Å². The Morgan fingerprint density at radius 2 is 1.93 bits per heavy atom. The van der Waals surface area contributed by atoms with Crippen LogP contribution in [0.5, 0.6) is 0 Å². The van der Waals surface area contributed by atoms with E-state index in [1.807, 2.05) is 39.9 Å². The number of imidazole rings is 1. The molecule has 1 aromatic heterocycles. The van der Waals surface area contributed by atoms with E-state index in [9.17, 15) is 9.59 Å². The van der Waals surface area contributed by atoms with Gasteiger partial charge in [0.2, 0.25) is 0 Å². The largest absolute Gasteiger partial charge is 0.368 e. The quantitative estimate of drug-likeness (QED) is 0.866. The molecule has 0 spiro atoms. The van der Waals surface area contributed by atoms with Crippen LogP contribution in [0.3, 0.4) is 0 Å². The summed E-state index contributed by atoms with van der Waals surface area (Å²) in [5.41, 5.74) is 2.01. The van der Waals surface area contributed by atoms with E-state index in [1.54, 1.807) is 17.4 Å². The molecule has 1 atom stereocenters. The van der Waals surface area contributed by atoms with E-state index in [-0.39, 0.29) is 18.0 Å². The fourth-order valence-corrected chi connectivity index (χ4v) is 3.70. The van der Waals surface area contributed by atoms with E-state index >= 15 is 0 Å². The average molecular weight is 383 g/mol. The summed E-state index contributed by atoms with van der Waals surface area (Å²) in [5.74, 6) is 0.0619. The zero-order valence-corrected chi connectivity index (χ0v) is 15.8. The number of piperazine rings is 1. The van der Waals surface area contributed by atoms with Crippen LogP contribution in [0.2, 0.25) is 0 Å². The van der Waals surface area contributed by atoms with E-state index in [2.05, 4.69) is 10.3 Å². The molecule has 28 heavy (non-hydrogen) atoms. The van der Waals surface area contributed by atoms with Gasteiger partial charge >= 0.3 is 6.03 Å². The molecule has 2 aliphatic heterocycles. The lowest BCUT2D eigenvalue weighted by molar-refractivity contribution is -0.142. The third-order valence-corrected chi connectivity index (χ3v) is 5.29. The van der Waals surface area contributed by atoms with Gasteiger partial charge in [-0.15, -0.1) is 0 Å². The Hall–Kier alpha value is -2.87. The summed E-state index contributed by atoms with van der Waals surface area (Å²) in [6.45, 7) is 3.28. The molecule has 3 amide bonds. The summed E-state index contributed by atoms with van der Waals surface area (Å²) >= 11 is 0.